The van der Waals surface area contributed by atoms with E-state index in [1.165, 1.54) is 10.1 Å². The van der Waals surface area contributed by atoms with Crippen LogP contribution >= 0.6 is 23.5 Å². The number of carbonyl (C=O) groups is 2. The van der Waals surface area contributed by atoms with Gasteiger partial charge in [-0.1, -0.05) is 23.5 Å². The molecule has 1 aliphatic heterocycles. The lowest BCUT2D eigenvalue weighted by Crippen LogP contribution is -2.14. The van der Waals surface area contributed by atoms with Crippen molar-refractivity contribution in [3.63, 3.8) is 0 Å². The monoisotopic (exact) mass is 432 g/mol. The van der Waals surface area contributed by atoms with Crippen LogP contribution in [0.2, 0.25) is 0 Å². The molecule has 142 valence electrons. The van der Waals surface area contributed by atoms with Crippen molar-refractivity contribution in [2.24, 2.45) is 10.7 Å². The quantitative estimate of drug-likeness (QED) is 0.217. The number of nitrogens with zero attached hydrogens (tertiary/aromatic N) is 1. The van der Waals surface area contributed by atoms with Crippen LogP contribution in [-0.4, -0.2) is 75.3 Å². The Kier molecular flexibility index (Phi) is 14.1. The van der Waals surface area contributed by atoms with Crippen LogP contribution in [0.25, 0.3) is 0 Å². The van der Waals surface area contributed by atoms with Gasteiger partial charge in [-0.3, -0.25) is 4.99 Å². The number of ether oxygens (including phenoxy) is 2. The molecule has 0 unspecified atom stereocenters. The summed E-state index contributed by atoms with van der Waals surface area (Å²) in [5.74, 6) is -0.174. The molecule has 25 heavy (non-hydrogen) atoms. The molecule has 0 spiro atoms. The first-order valence-electron chi connectivity index (χ1n) is 6.54. The molecule has 0 saturated heterocycles. The highest BCUT2D eigenvalue weighted by Crippen LogP contribution is 2.21. The van der Waals surface area contributed by atoms with Gasteiger partial charge in [-0.2, -0.15) is 16.8 Å². The molecule has 2 N–H and O–H groups in total. The summed E-state index contributed by atoms with van der Waals surface area (Å²) in [4.78, 5) is 25.2. The van der Waals surface area contributed by atoms with E-state index >= 15 is 0 Å². The Morgan fingerprint density at radius 3 is 2.12 bits per heavy atom. The predicted molar refractivity (Wildman–Crippen MR) is 97.9 cm³/mol. The fourth-order valence-corrected chi connectivity index (χ4v) is 3.51. The van der Waals surface area contributed by atoms with Crippen molar-refractivity contribution in [1.29, 1.82) is 0 Å². The predicted octanol–water partition coefficient (Wildman–Crippen LogP) is -1.44. The Bertz CT molecular complexity index is 678. The Balaban J connectivity index is 0.000000496. The van der Waals surface area contributed by atoms with Crippen LogP contribution in [0.5, 0.6) is 0 Å². The van der Waals surface area contributed by atoms with Gasteiger partial charge in [-0.25, -0.2) is 9.59 Å². The molecule has 1 heterocycles. The maximum atomic E-state index is 10.5. The molecule has 1 aliphatic rings. The molecule has 0 radical (unpaired) electrons. The second-order valence-electron chi connectivity index (χ2n) is 3.79. The lowest BCUT2D eigenvalue weighted by Gasteiger charge is -1.99. The van der Waals surface area contributed by atoms with Gasteiger partial charge in [0.2, 0.25) is 27.4 Å². The lowest BCUT2D eigenvalue weighted by molar-refractivity contribution is -0.156. The molecule has 14 heteroatoms. The Labute approximate surface area is 155 Å². The van der Waals surface area contributed by atoms with Gasteiger partial charge in [0.1, 0.15) is 15.1 Å². The normalized spacial score (nSPS) is 12.1. The van der Waals surface area contributed by atoms with Gasteiger partial charge in [-0.15, -0.1) is 0 Å². The zero-order valence-electron chi connectivity index (χ0n) is 12.8. The second-order valence-corrected chi connectivity index (χ2v) is 7.73. The number of hydrogen-bond donors (Lipinski definition) is 1. The van der Waals surface area contributed by atoms with Crippen molar-refractivity contribution in [2.75, 3.05) is 31.4 Å². The molecule has 0 aromatic heterocycles. The van der Waals surface area contributed by atoms with Crippen LogP contribution in [-0.2, 0) is 39.6 Å². The summed E-state index contributed by atoms with van der Waals surface area (Å²) in [6.07, 6.45) is 1.10. The third kappa shape index (κ3) is 15.9. The second kappa shape index (κ2) is 14.9. The van der Waals surface area contributed by atoms with E-state index in [0.717, 1.165) is 25.3 Å². The van der Waals surface area contributed by atoms with Crippen molar-refractivity contribution < 1.29 is 35.9 Å². The zero-order chi connectivity index (χ0) is 19.1. The molecular weight excluding hydrogens is 416 g/mol. The van der Waals surface area contributed by atoms with Gasteiger partial charge in [0.25, 0.3) is 0 Å². The van der Waals surface area contributed by atoms with E-state index in [0.29, 0.717) is 0 Å². The highest BCUT2D eigenvalue weighted by atomic mass is 32.2. The van der Waals surface area contributed by atoms with Crippen molar-refractivity contribution in [3.05, 3.63) is 0 Å². The number of thioether (sulfide) groups is 2. The first kappa shape index (κ1) is 23.6. The molecule has 0 atom stereocenters. The maximum Gasteiger partial charge on any atom is 0.349 e. The highest BCUT2D eigenvalue weighted by Gasteiger charge is 2.05. The van der Waals surface area contributed by atoms with Crippen molar-refractivity contribution in [2.45, 2.75) is 6.42 Å². The van der Waals surface area contributed by atoms with Crippen LogP contribution in [0.15, 0.2) is 4.99 Å². The van der Waals surface area contributed by atoms with E-state index in [-0.39, 0.29) is 10.7 Å². The van der Waals surface area contributed by atoms with Gasteiger partial charge in [0.15, 0.2) is 0 Å². The average Bonchev–Trinajstić information content (AvgIpc) is 3.00. The van der Waals surface area contributed by atoms with E-state index in [1.807, 2.05) is 23.5 Å². The molecule has 1 rings (SSSR count). The highest BCUT2D eigenvalue weighted by molar-refractivity contribution is 8.39. The number of hydrogen-bond acceptors (Lipinski definition) is 12. The van der Waals surface area contributed by atoms with Crippen LogP contribution in [0.1, 0.15) is 6.42 Å². The summed E-state index contributed by atoms with van der Waals surface area (Å²) < 4.78 is 49.0. The lowest BCUT2D eigenvalue weighted by atomic mass is 10.5. The molecule has 10 nitrogen and oxygen atoms in total. The van der Waals surface area contributed by atoms with E-state index in [4.69, 9.17) is 5.73 Å². The smallest absolute Gasteiger partial charge is 0.349 e. The number of carbonyl (C=O) groups excluding carboxylic acids is 2. The van der Waals surface area contributed by atoms with Crippen LogP contribution < -0.4 is 5.73 Å². The van der Waals surface area contributed by atoms with Crippen molar-refractivity contribution in [3.8, 4) is 0 Å². The van der Waals surface area contributed by atoms with Gasteiger partial charge in [-0.05, 0) is 13.0 Å². The first-order chi connectivity index (χ1) is 11.8. The fraction of sp³-hybridized carbons (Fsp3) is 0.545. The number of aliphatic imine (C=N–C) groups is 1. The molecule has 0 aromatic carbocycles. The molecule has 0 bridgehead atoms. The van der Waals surface area contributed by atoms with E-state index in [2.05, 4.69) is 14.5 Å². The van der Waals surface area contributed by atoms with E-state index < -0.39 is 39.3 Å². The number of rotatable bonds is 7. The minimum atomic E-state index is -2.72. The SMILES string of the molecule is NCCCSC1=NCCS1.O=C(C=S(=O)=O)OCOC(=O)C=S(=O)=O. The maximum absolute atomic E-state index is 10.5. The van der Waals surface area contributed by atoms with Crippen molar-refractivity contribution in [1.82, 2.24) is 0 Å². The summed E-state index contributed by atoms with van der Waals surface area (Å²) in [5, 5.41) is 0.423. The topological polar surface area (TPSA) is 159 Å². The Morgan fingerprint density at radius 2 is 1.72 bits per heavy atom. The zero-order valence-corrected chi connectivity index (χ0v) is 16.1. The summed E-state index contributed by atoms with van der Waals surface area (Å²) >= 11 is 3.71. The third-order valence-electron chi connectivity index (χ3n) is 1.92. The Morgan fingerprint density at radius 1 is 1.16 bits per heavy atom. The summed E-state index contributed by atoms with van der Waals surface area (Å²) in [5.41, 5.74) is 5.35. The number of nitrogens with two attached hydrogens (primary N) is 1. The largest absolute Gasteiger partial charge is 0.424 e. The molecule has 0 amide bonds. The minimum Gasteiger partial charge on any atom is -0.424 e. The molecule has 0 aliphatic carbocycles. The molecule has 0 fully saturated rings. The van der Waals surface area contributed by atoms with E-state index in [9.17, 15) is 26.4 Å². The van der Waals surface area contributed by atoms with Gasteiger partial charge < -0.3 is 15.2 Å². The summed E-state index contributed by atoms with van der Waals surface area (Å²) in [6, 6.07) is 0. The Hall–Kier alpha value is -1.35. The summed E-state index contributed by atoms with van der Waals surface area (Å²) in [6.45, 7) is 0.930. The van der Waals surface area contributed by atoms with Crippen LogP contribution in [0.4, 0.5) is 0 Å². The molecular formula is C11H16N2O8S4. The third-order valence-corrected chi connectivity index (χ3v) is 5.03. The van der Waals surface area contributed by atoms with E-state index in [1.54, 1.807) is 0 Å². The minimum absolute atomic E-state index is 0.212. The molecule has 0 aromatic rings. The van der Waals surface area contributed by atoms with Gasteiger partial charge >= 0.3 is 11.9 Å². The number of esters is 2. The van der Waals surface area contributed by atoms with Crippen LogP contribution in [0, 0.1) is 0 Å². The fourth-order valence-electron chi connectivity index (χ4n) is 1.02. The van der Waals surface area contributed by atoms with Gasteiger partial charge in [0.05, 0.1) is 6.54 Å². The van der Waals surface area contributed by atoms with Crippen molar-refractivity contribution >= 4 is 71.2 Å². The molecule has 0 saturated carbocycles. The standard InChI is InChI=1S/C6H12N2S2.C5H4O8S2/c7-2-1-4-9-6-8-3-5-10-6;6-4(1-14(8)9)12-3-13-5(7)2-15(10)11/h1-5,7H2;1-2H,3H2. The van der Waals surface area contributed by atoms with Gasteiger partial charge in [0, 0.05) is 11.5 Å². The summed E-state index contributed by atoms with van der Waals surface area (Å²) in [7, 11) is -5.43. The average molecular weight is 433 g/mol. The van der Waals surface area contributed by atoms with Crippen LogP contribution in [0.3, 0.4) is 0 Å². The first-order valence-corrected chi connectivity index (χ1v) is 10.8.